The summed E-state index contributed by atoms with van der Waals surface area (Å²) in [5.41, 5.74) is 0.563. The molecule has 3 rings (SSSR count). The molecule has 2 atom stereocenters. The van der Waals surface area contributed by atoms with E-state index in [1.807, 2.05) is 51.1 Å². The fourth-order valence-electron chi connectivity index (χ4n) is 3.53. The van der Waals surface area contributed by atoms with E-state index in [0.717, 1.165) is 17.7 Å². The molecule has 6 heteroatoms. The SMILES string of the molecule is CC(C)(C)OC(=O)N(Cc1ccccc1)C1CNCC1c1cc(F)ccc1F. The van der Waals surface area contributed by atoms with Gasteiger partial charge in [0.1, 0.15) is 17.2 Å². The van der Waals surface area contributed by atoms with E-state index in [0.29, 0.717) is 19.6 Å². The van der Waals surface area contributed by atoms with Crippen molar-refractivity contribution in [2.24, 2.45) is 0 Å². The average Bonchev–Trinajstić information content (AvgIpc) is 3.10. The highest BCUT2D eigenvalue weighted by molar-refractivity contribution is 5.69. The lowest BCUT2D eigenvalue weighted by Crippen LogP contribution is -2.46. The van der Waals surface area contributed by atoms with E-state index in [1.165, 1.54) is 6.07 Å². The second-order valence-corrected chi connectivity index (χ2v) is 8.09. The molecule has 2 aromatic carbocycles. The third kappa shape index (κ3) is 4.87. The highest BCUT2D eigenvalue weighted by Crippen LogP contribution is 2.31. The largest absolute Gasteiger partial charge is 0.444 e. The predicted molar refractivity (Wildman–Crippen MR) is 104 cm³/mol. The number of benzene rings is 2. The molecule has 0 spiro atoms. The van der Waals surface area contributed by atoms with E-state index < -0.39 is 23.3 Å². The minimum absolute atomic E-state index is 0.275. The smallest absolute Gasteiger partial charge is 0.410 e. The van der Waals surface area contributed by atoms with Crippen LogP contribution in [0.5, 0.6) is 0 Å². The summed E-state index contributed by atoms with van der Waals surface area (Å²) >= 11 is 0. The Morgan fingerprint density at radius 1 is 1.14 bits per heavy atom. The van der Waals surface area contributed by atoms with Crippen molar-refractivity contribution >= 4 is 6.09 Å². The van der Waals surface area contributed by atoms with Gasteiger partial charge in [0.25, 0.3) is 0 Å². The van der Waals surface area contributed by atoms with E-state index in [2.05, 4.69) is 5.32 Å². The Bertz CT molecular complexity index is 821. The number of carbonyl (C=O) groups excluding carboxylic acids is 1. The van der Waals surface area contributed by atoms with Gasteiger partial charge in [-0.05, 0) is 50.1 Å². The van der Waals surface area contributed by atoms with Gasteiger partial charge in [-0.15, -0.1) is 0 Å². The van der Waals surface area contributed by atoms with Crippen molar-refractivity contribution < 1.29 is 18.3 Å². The molecule has 1 fully saturated rings. The predicted octanol–water partition coefficient (Wildman–Crippen LogP) is 4.46. The minimum atomic E-state index is -0.655. The number of carbonyl (C=O) groups is 1. The lowest BCUT2D eigenvalue weighted by Gasteiger charge is -2.34. The van der Waals surface area contributed by atoms with Crippen molar-refractivity contribution in [3.05, 3.63) is 71.3 Å². The number of hydrogen-bond donors (Lipinski definition) is 1. The highest BCUT2D eigenvalue weighted by atomic mass is 19.1. The van der Waals surface area contributed by atoms with Crippen molar-refractivity contribution in [3.63, 3.8) is 0 Å². The zero-order valence-electron chi connectivity index (χ0n) is 16.4. The van der Waals surface area contributed by atoms with Crippen LogP contribution in [0.25, 0.3) is 0 Å². The molecule has 0 bridgehead atoms. The molecule has 1 amide bonds. The Morgan fingerprint density at radius 3 is 2.54 bits per heavy atom. The maximum absolute atomic E-state index is 14.4. The maximum atomic E-state index is 14.4. The van der Waals surface area contributed by atoms with E-state index >= 15 is 0 Å². The van der Waals surface area contributed by atoms with Crippen LogP contribution in [0.3, 0.4) is 0 Å². The number of rotatable bonds is 4. The molecule has 28 heavy (non-hydrogen) atoms. The molecule has 0 saturated carbocycles. The Labute approximate surface area is 164 Å². The van der Waals surface area contributed by atoms with Crippen molar-refractivity contribution in [2.45, 2.75) is 44.9 Å². The standard InChI is InChI=1S/C22H26F2N2O2/c1-22(2,3)28-21(27)26(14-15-7-5-4-6-8-15)20-13-25-12-18(20)17-11-16(23)9-10-19(17)24/h4-11,18,20,25H,12-14H2,1-3H3. The van der Waals surface area contributed by atoms with Gasteiger partial charge in [0, 0.05) is 25.6 Å². The Morgan fingerprint density at radius 2 is 1.86 bits per heavy atom. The molecule has 4 nitrogen and oxygen atoms in total. The number of nitrogens with one attached hydrogen (secondary N) is 1. The zero-order chi connectivity index (χ0) is 20.3. The molecule has 1 N–H and O–H groups in total. The number of nitrogens with zero attached hydrogens (tertiary/aromatic N) is 1. The van der Waals surface area contributed by atoms with Crippen LogP contribution in [0.15, 0.2) is 48.5 Å². The van der Waals surface area contributed by atoms with Crippen LogP contribution in [0.1, 0.15) is 37.8 Å². The summed E-state index contributed by atoms with van der Waals surface area (Å²) in [6, 6.07) is 12.7. The summed E-state index contributed by atoms with van der Waals surface area (Å²) < 4.78 is 33.8. The summed E-state index contributed by atoms with van der Waals surface area (Å²) in [6.07, 6.45) is -0.466. The summed E-state index contributed by atoms with van der Waals surface area (Å²) in [5.74, 6) is -1.33. The van der Waals surface area contributed by atoms with Crippen molar-refractivity contribution in [3.8, 4) is 0 Å². The average molecular weight is 388 g/mol. The molecular weight excluding hydrogens is 362 g/mol. The highest BCUT2D eigenvalue weighted by Gasteiger charge is 2.38. The van der Waals surface area contributed by atoms with E-state index in [1.54, 1.807) is 4.90 Å². The third-order valence-corrected chi connectivity index (χ3v) is 4.76. The molecule has 2 unspecified atom stereocenters. The topological polar surface area (TPSA) is 41.6 Å². The van der Waals surface area contributed by atoms with Crippen LogP contribution in [-0.4, -0.2) is 35.7 Å². The fraction of sp³-hybridized carbons (Fsp3) is 0.409. The number of hydrogen-bond acceptors (Lipinski definition) is 3. The number of ether oxygens (including phenoxy) is 1. The van der Waals surface area contributed by atoms with Crippen LogP contribution in [0, 0.1) is 11.6 Å². The lowest BCUT2D eigenvalue weighted by atomic mass is 9.92. The normalized spacial score (nSPS) is 19.5. The number of amides is 1. The third-order valence-electron chi connectivity index (χ3n) is 4.76. The van der Waals surface area contributed by atoms with Gasteiger partial charge in [0.15, 0.2) is 0 Å². The van der Waals surface area contributed by atoms with Crippen molar-refractivity contribution in [2.75, 3.05) is 13.1 Å². The molecule has 1 saturated heterocycles. The van der Waals surface area contributed by atoms with Crippen molar-refractivity contribution in [1.82, 2.24) is 10.2 Å². The van der Waals surface area contributed by atoms with Gasteiger partial charge in [-0.1, -0.05) is 30.3 Å². The zero-order valence-corrected chi connectivity index (χ0v) is 16.4. The van der Waals surface area contributed by atoms with E-state index in [9.17, 15) is 13.6 Å². The first-order valence-electron chi connectivity index (χ1n) is 9.44. The van der Waals surface area contributed by atoms with Gasteiger partial charge in [0.2, 0.25) is 0 Å². The molecule has 1 heterocycles. The van der Waals surface area contributed by atoms with Gasteiger partial charge in [-0.2, -0.15) is 0 Å². The number of halogens is 2. The second kappa shape index (κ2) is 8.27. The summed E-state index contributed by atoms with van der Waals surface area (Å²) in [6.45, 7) is 6.69. The molecule has 1 aliphatic heterocycles. The van der Waals surface area contributed by atoms with Crippen LogP contribution in [0.2, 0.25) is 0 Å². The molecule has 2 aromatic rings. The van der Waals surface area contributed by atoms with Crippen LogP contribution >= 0.6 is 0 Å². The molecular formula is C22H26F2N2O2. The van der Waals surface area contributed by atoms with E-state index in [4.69, 9.17) is 4.74 Å². The monoisotopic (exact) mass is 388 g/mol. The van der Waals surface area contributed by atoms with Crippen LogP contribution < -0.4 is 5.32 Å². The molecule has 1 aliphatic rings. The van der Waals surface area contributed by atoms with E-state index in [-0.39, 0.29) is 17.5 Å². The van der Waals surface area contributed by atoms with Gasteiger partial charge < -0.3 is 10.1 Å². The molecule has 150 valence electrons. The van der Waals surface area contributed by atoms with Crippen LogP contribution in [-0.2, 0) is 11.3 Å². The summed E-state index contributed by atoms with van der Waals surface area (Å²) in [5, 5.41) is 3.21. The Balaban J connectivity index is 1.93. The van der Waals surface area contributed by atoms with Gasteiger partial charge >= 0.3 is 6.09 Å². The first-order chi connectivity index (χ1) is 13.2. The summed E-state index contributed by atoms with van der Waals surface area (Å²) in [7, 11) is 0. The van der Waals surface area contributed by atoms with Gasteiger partial charge in [-0.3, -0.25) is 4.90 Å². The quantitative estimate of drug-likeness (QED) is 0.841. The first kappa shape index (κ1) is 20.3. The molecule has 0 radical (unpaired) electrons. The molecule has 0 aromatic heterocycles. The minimum Gasteiger partial charge on any atom is -0.444 e. The summed E-state index contributed by atoms with van der Waals surface area (Å²) in [4.78, 5) is 14.6. The van der Waals surface area contributed by atoms with Crippen molar-refractivity contribution in [1.29, 1.82) is 0 Å². The second-order valence-electron chi connectivity index (χ2n) is 8.09. The Kier molecular flexibility index (Phi) is 5.98. The molecule has 0 aliphatic carbocycles. The van der Waals surface area contributed by atoms with Crippen LogP contribution in [0.4, 0.5) is 13.6 Å². The first-order valence-corrected chi connectivity index (χ1v) is 9.44. The van der Waals surface area contributed by atoms with Gasteiger partial charge in [0.05, 0.1) is 6.04 Å². The Hall–Kier alpha value is -2.47. The maximum Gasteiger partial charge on any atom is 0.410 e. The fourth-order valence-corrected chi connectivity index (χ4v) is 3.53. The van der Waals surface area contributed by atoms with Gasteiger partial charge in [-0.25, -0.2) is 13.6 Å². The lowest BCUT2D eigenvalue weighted by molar-refractivity contribution is 0.0140.